The number of benzene rings is 1. The van der Waals surface area contributed by atoms with Gasteiger partial charge in [-0.3, -0.25) is 4.79 Å². The number of thiophene rings is 1. The van der Waals surface area contributed by atoms with E-state index in [1.165, 1.54) is 11.3 Å². The van der Waals surface area contributed by atoms with Gasteiger partial charge in [0, 0.05) is 21.0 Å². The van der Waals surface area contributed by atoms with Crippen LogP contribution < -0.4 is 0 Å². The van der Waals surface area contributed by atoms with Gasteiger partial charge in [-0.05, 0) is 42.1 Å². The summed E-state index contributed by atoms with van der Waals surface area (Å²) < 4.78 is 0.945. The van der Waals surface area contributed by atoms with Crippen LogP contribution in [0.25, 0.3) is 0 Å². The van der Waals surface area contributed by atoms with Gasteiger partial charge in [0.15, 0.2) is 5.78 Å². The molecule has 0 aliphatic heterocycles. The summed E-state index contributed by atoms with van der Waals surface area (Å²) in [5.74, 6) is 0.0839. The van der Waals surface area contributed by atoms with Crippen LogP contribution in [-0.4, -0.2) is 5.78 Å². The molecule has 1 aromatic carbocycles. The van der Waals surface area contributed by atoms with Gasteiger partial charge in [-0.1, -0.05) is 15.9 Å². The fourth-order valence-corrected chi connectivity index (χ4v) is 2.67. The maximum absolute atomic E-state index is 12.0. The Labute approximate surface area is 101 Å². The number of carbonyl (C=O) groups is 1. The molecule has 0 fully saturated rings. The first-order chi connectivity index (χ1) is 7.16. The van der Waals surface area contributed by atoms with Crippen LogP contribution in [0.4, 0.5) is 0 Å². The van der Waals surface area contributed by atoms with Gasteiger partial charge in [0.25, 0.3) is 0 Å². The van der Waals surface area contributed by atoms with E-state index in [1.54, 1.807) is 0 Å². The van der Waals surface area contributed by atoms with Gasteiger partial charge in [0.1, 0.15) is 0 Å². The van der Waals surface area contributed by atoms with Crippen LogP contribution in [-0.2, 0) is 0 Å². The zero-order valence-corrected chi connectivity index (χ0v) is 10.6. The van der Waals surface area contributed by atoms with Crippen molar-refractivity contribution in [3.05, 3.63) is 56.2 Å². The van der Waals surface area contributed by atoms with Gasteiger partial charge in [-0.25, -0.2) is 0 Å². The predicted molar refractivity (Wildman–Crippen MR) is 66.6 cm³/mol. The van der Waals surface area contributed by atoms with Crippen LogP contribution in [0, 0.1) is 6.92 Å². The van der Waals surface area contributed by atoms with E-state index in [0.29, 0.717) is 0 Å². The molecule has 0 N–H and O–H groups in total. The highest BCUT2D eigenvalue weighted by Crippen LogP contribution is 2.19. The molecule has 0 unspecified atom stereocenters. The standard InChI is InChI=1S/C12H9BrOS/c1-8-4-10(6-11(13)5-8)12(14)9-2-3-15-7-9/h2-7H,1H3. The molecule has 2 aromatic rings. The van der Waals surface area contributed by atoms with Crippen molar-refractivity contribution >= 4 is 33.0 Å². The lowest BCUT2D eigenvalue weighted by Crippen LogP contribution is -1.99. The highest BCUT2D eigenvalue weighted by Gasteiger charge is 2.09. The average molecular weight is 281 g/mol. The molecule has 0 aliphatic rings. The molecule has 15 heavy (non-hydrogen) atoms. The molecule has 0 spiro atoms. The third-order valence-electron chi connectivity index (χ3n) is 2.09. The van der Waals surface area contributed by atoms with Gasteiger partial charge in [0.2, 0.25) is 0 Å². The Kier molecular flexibility index (Phi) is 3.03. The third-order valence-corrected chi connectivity index (χ3v) is 3.23. The Balaban J connectivity index is 2.42. The van der Waals surface area contributed by atoms with Crippen LogP contribution in [0.2, 0.25) is 0 Å². The second kappa shape index (κ2) is 4.29. The summed E-state index contributed by atoms with van der Waals surface area (Å²) in [4.78, 5) is 12.0. The first-order valence-electron chi connectivity index (χ1n) is 4.51. The summed E-state index contributed by atoms with van der Waals surface area (Å²) >= 11 is 4.93. The second-order valence-electron chi connectivity index (χ2n) is 3.36. The molecule has 1 nitrogen and oxygen atoms in total. The molecular weight excluding hydrogens is 272 g/mol. The van der Waals surface area contributed by atoms with E-state index in [4.69, 9.17) is 0 Å². The average Bonchev–Trinajstić information content (AvgIpc) is 2.67. The van der Waals surface area contributed by atoms with Crippen LogP contribution in [0.15, 0.2) is 39.5 Å². The smallest absolute Gasteiger partial charge is 0.193 e. The zero-order chi connectivity index (χ0) is 10.8. The highest BCUT2D eigenvalue weighted by atomic mass is 79.9. The minimum Gasteiger partial charge on any atom is -0.289 e. The minimum atomic E-state index is 0.0839. The Morgan fingerprint density at radius 2 is 2.07 bits per heavy atom. The van der Waals surface area contributed by atoms with Gasteiger partial charge in [-0.15, -0.1) is 0 Å². The number of hydrogen-bond donors (Lipinski definition) is 0. The fourth-order valence-electron chi connectivity index (χ4n) is 1.43. The Morgan fingerprint density at radius 1 is 1.27 bits per heavy atom. The van der Waals surface area contributed by atoms with Gasteiger partial charge < -0.3 is 0 Å². The maximum atomic E-state index is 12.0. The van der Waals surface area contributed by atoms with Crippen molar-refractivity contribution in [1.29, 1.82) is 0 Å². The number of hydrogen-bond acceptors (Lipinski definition) is 2. The largest absolute Gasteiger partial charge is 0.289 e. The Morgan fingerprint density at radius 3 is 2.67 bits per heavy atom. The third kappa shape index (κ3) is 2.36. The topological polar surface area (TPSA) is 17.1 Å². The lowest BCUT2D eigenvalue weighted by molar-refractivity contribution is 0.103. The molecule has 0 amide bonds. The summed E-state index contributed by atoms with van der Waals surface area (Å²) in [6, 6.07) is 7.60. The Hall–Kier alpha value is -0.930. The van der Waals surface area contributed by atoms with E-state index < -0.39 is 0 Å². The summed E-state index contributed by atoms with van der Waals surface area (Å²) in [6.45, 7) is 1.98. The predicted octanol–water partition coefficient (Wildman–Crippen LogP) is 4.05. The minimum absolute atomic E-state index is 0.0839. The van der Waals surface area contributed by atoms with E-state index in [2.05, 4.69) is 15.9 Å². The van der Waals surface area contributed by atoms with Crippen molar-refractivity contribution in [3.8, 4) is 0 Å². The van der Waals surface area contributed by atoms with Gasteiger partial charge in [-0.2, -0.15) is 11.3 Å². The molecule has 1 aromatic heterocycles. The number of carbonyl (C=O) groups excluding carboxylic acids is 1. The van der Waals surface area contributed by atoms with Crippen LogP contribution in [0.1, 0.15) is 21.5 Å². The molecule has 0 atom stereocenters. The zero-order valence-electron chi connectivity index (χ0n) is 8.16. The summed E-state index contributed by atoms with van der Waals surface area (Å²) in [7, 11) is 0. The van der Waals surface area contributed by atoms with Crippen molar-refractivity contribution in [3.63, 3.8) is 0 Å². The highest BCUT2D eigenvalue weighted by molar-refractivity contribution is 9.10. The molecule has 0 saturated carbocycles. The molecule has 76 valence electrons. The molecule has 2 rings (SSSR count). The first kappa shape index (κ1) is 10.6. The lowest BCUT2D eigenvalue weighted by Gasteiger charge is -2.01. The van der Waals surface area contributed by atoms with Crippen molar-refractivity contribution in [2.24, 2.45) is 0 Å². The molecule has 3 heteroatoms. The van der Waals surface area contributed by atoms with Crippen molar-refractivity contribution < 1.29 is 4.79 Å². The Bertz CT molecular complexity index is 468. The molecule has 1 heterocycles. The van der Waals surface area contributed by atoms with E-state index in [1.807, 2.05) is 41.9 Å². The van der Waals surface area contributed by atoms with E-state index >= 15 is 0 Å². The summed E-state index contributed by atoms with van der Waals surface area (Å²) in [5, 5.41) is 3.79. The van der Waals surface area contributed by atoms with Crippen molar-refractivity contribution in [1.82, 2.24) is 0 Å². The molecular formula is C12H9BrOS. The lowest BCUT2D eigenvalue weighted by atomic mass is 10.0. The maximum Gasteiger partial charge on any atom is 0.193 e. The first-order valence-corrected chi connectivity index (χ1v) is 6.24. The quantitative estimate of drug-likeness (QED) is 0.759. The molecule has 0 bridgehead atoms. The van der Waals surface area contributed by atoms with Crippen LogP contribution in [0.5, 0.6) is 0 Å². The molecule has 0 radical (unpaired) electrons. The fraction of sp³-hybridized carbons (Fsp3) is 0.0833. The molecule has 0 aliphatic carbocycles. The van der Waals surface area contributed by atoms with Crippen LogP contribution >= 0.6 is 27.3 Å². The second-order valence-corrected chi connectivity index (χ2v) is 5.05. The number of ketones is 1. The monoisotopic (exact) mass is 280 g/mol. The summed E-state index contributed by atoms with van der Waals surface area (Å²) in [6.07, 6.45) is 0. The van der Waals surface area contributed by atoms with E-state index in [-0.39, 0.29) is 5.78 Å². The number of halogens is 1. The van der Waals surface area contributed by atoms with E-state index in [9.17, 15) is 4.79 Å². The van der Waals surface area contributed by atoms with E-state index in [0.717, 1.165) is 21.2 Å². The van der Waals surface area contributed by atoms with Crippen LogP contribution in [0.3, 0.4) is 0 Å². The van der Waals surface area contributed by atoms with Gasteiger partial charge >= 0.3 is 0 Å². The number of aryl methyl sites for hydroxylation is 1. The van der Waals surface area contributed by atoms with Gasteiger partial charge in [0.05, 0.1) is 0 Å². The SMILES string of the molecule is Cc1cc(Br)cc(C(=O)c2ccsc2)c1. The summed E-state index contributed by atoms with van der Waals surface area (Å²) in [5.41, 5.74) is 2.58. The van der Waals surface area contributed by atoms with Crippen molar-refractivity contribution in [2.75, 3.05) is 0 Å². The van der Waals surface area contributed by atoms with Crippen molar-refractivity contribution in [2.45, 2.75) is 6.92 Å². The normalized spacial score (nSPS) is 10.3. The number of rotatable bonds is 2. The molecule has 0 saturated heterocycles.